The molecule has 1 fully saturated rings. The summed E-state index contributed by atoms with van der Waals surface area (Å²) in [7, 11) is 0. The van der Waals surface area contributed by atoms with Crippen LogP contribution in [0, 0.1) is 0 Å². The molecule has 7 rings (SSSR count). The van der Waals surface area contributed by atoms with Gasteiger partial charge in [0.2, 0.25) is 0 Å². The summed E-state index contributed by atoms with van der Waals surface area (Å²) in [6, 6.07) is 36.3. The van der Waals surface area contributed by atoms with E-state index in [9.17, 15) is 0 Å². The molecule has 1 saturated heterocycles. The Morgan fingerprint density at radius 2 is 0.949 bits per heavy atom. The molecule has 2 unspecified atom stereocenters. The summed E-state index contributed by atoms with van der Waals surface area (Å²) in [5, 5.41) is 0. The van der Waals surface area contributed by atoms with Crippen molar-refractivity contribution in [2.45, 2.75) is 44.6 Å². The Kier molecular flexibility index (Phi) is 8.14. The molecule has 39 heavy (non-hydrogen) atoms. The van der Waals surface area contributed by atoms with E-state index in [2.05, 4.69) is 123 Å². The minimum absolute atomic E-state index is 0. The fourth-order valence-corrected chi connectivity index (χ4v) is 18.1. The Balaban J connectivity index is 0.00000154. The standard InChI is InChI=1S/2C17H15.C2H4.2ClH.Ti/c2*1-2-13-11-15-9-6-10-16(17(15)12-13)14-7-4-3-5-8-14;1-2;;;/h2*3-12H,2H2,1H3;1-2H2;2*1H;/q;;;;;+2/p-2. The molecule has 4 aromatic rings. The van der Waals surface area contributed by atoms with E-state index < -0.39 is 16.6 Å². The van der Waals surface area contributed by atoms with Gasteiger partial charge in [-0.1, -0.05) is 0 Å². The van der Waals surface area contributed by atoms with Gasteiger partial charge in [-0.25, -0.2) is 0 Å². The quantitative estimate of drug-likeness (QED) is 0.294. The molecule has 0 N–H and O–H groups in total. The van der Waals surface area contributed by atoms with Crippen LogP contribution in [0.15, 0.2) is 108 Å². The number of hydrogen-bond acceptors (Lipinski definition) is 0. The summed E-state index contributed by atoms with van der Waals surface area (Å²) in [6.45, 7) is 4.77. The summed E-state index contributed by atoms with van der Waals surface area (Å²) in [5.74, 6) is 0. The van der Waals surface area contributed by atoms with Crippen LogP contribution in [0.3, 0.4) is 0 Å². The molecule has 1 aliphatic heterocycles. The average Bonchev–Trinajstić information content (AvgIpc) is 3.49. The topological polar surface area (TPSA) is 0 Å². The van der Waals surface area contributed by atoms with Crippen LogP contribution in [-0.4, -0.2) is 0 Å². The van der Waals surface area contributed by atoms with Crippen LogP contribution in [0.2, 0.25) is 9.45 Å². The van der Waals surface area contributed by atoms with Crippen LogP contribution in [-0.2, 0) is 16.6 Å². The third kappa shape index (κ3) is 4.51. The summed E-state index contributed by atoms with van der Waals surface area (Å²) < 4.78 is 4.37. The fraction of sp³-hybridized carbons (Fsp3) is 0.222. The second-order valence-electron chi connectivity index (χ2n) is 11.1. The minimum Gasteiger partial charge on any atom is -1.00 e. The zero-order chi connectivity index (χ0) is 25.0. The Bertz CT molecular complexity index is 1430. The molecule has 3 heteroatoms. The summed E-state index contributed by atoms with van der Waals surface area (Å²) in [4.78, 5) is 0. The monoisotopic (exact) mass is 584 g/mol. The molecule has 0 nitrogen and oxygen atoms in total. The van der Waals surface area contributed by atoms with Crippen LogP contribution < -0.4 is 24.8 Å². The van der Waals surface area contributed by atoms with E-state index in [-0.39, 0.29) is 24.8 Å². The average molecular weight is 585 g/mol. The molecule has 0 bridgehead atoms. The molecule has 1 heterocycles. The molecule has 0 radical (unpaired) electrons. The van der Waals surface area contributed by atoms with E-state index in [1.54, 1.807) is 22.3 Å². The molecule has 4 aromatic carbocycles. The zero-order valence-electron chi connectivity index (χ0n) is 22.6. The van der Waals surface area contributed by atoms with Crippen molar-refractivity contribution in [1.82, 2.24) is 0 Å². The maximum atomic E-state index is 2.60. The van der Waals surface area contributed by atoms with Crippen molar-refractivity contribution in [2.24, 2.45) is 0 Å². The second-order valence-corrected chi connectivity index (χ2v) is 18.3. The van der Waals surface area contributed by atoms with Crippen molar-refractivity contribution in [2.75, 3.05) is 0 Å². The van der Waals surface area contributed by atoms with E-state index in [0.717, 1.165) is 12.8 Å². The Labute approximate surface area is 249 Å². The third-order valence-electron chi connectivity index (χ3n) is 9.27. The molecule has 3 aliphatic rings. The van der Waals surface area contributed by atoms with Gasteiger partial charge in [-0.15, -0.1) is 0 Å². The van der Waals surface area contributed by atoms with Gasteiger partial charge < -0.3 is 24.8 Å². The van der Waals surface area contributed by atoms with E-state index in [4.69, 9.17) is 0 Å². The largest absolute Gasteiger partial charge is 1.00 e. The van der Waals surface area contributed by atoms with E-state index in [1.807, 2.05) is 0 Å². The van der Waals surface area contributed by atoms with Gasteiger partial charge in [-0.2, -0.15) is 0 Å². The van der Waals surface area contributed by atoms with Gasteiger partial charge >= 0.3 is 226 Å². The van der Waals surface area contributed by atoms with Gasteiger partial charge in [0.15, 0.2) is 0 Å². The maximum absolute atomic E-state index is 2.60. The zero-order valence-corrected chi connectivity index (χ0v) is 25.7. The van der Waals surface area contributed by atoms with Crippen molar-refractivity contribution in [1.29, 1.82) is 0 Å². The number of rotatable bonds is 6. The van der Waals surface area contributed by atoms with Crippen LogP contribution in [0.25, 0.3) is 34.4 Å². The smallest absolute Gasteiger partial charge is 1.00 e. The maximum Gasteiger partial charge on any atom is -1.00 e. The molecular formula is C36H34Cl2Ti. The van der Waals surface area contributed by atoms with Gasteiger partial charge in [0.05, 0.1) is 0 Å². The van der Waals surface area contributed by atoms with Crippen LogP contribution in [0.1, 0.15) is 57.4 Å². The number of fused-ring (bicyclic) bond motifs is 2. The predicted molar refractivity (Wildman–Crippen MR) is 155 cm³/mol. The van der Waals surface area contributed by atoms with E-state index in [0.29, 0.717) is 8.45 Å². The molecule has 0 saturated carbocycles. The van der Waals surface area contributed by atoms with Crippen molar-refractivity contribution >= 4 is 12.2 Å². The van der Waals surface area contributed by atoms with Gasteiger partial charge in [0.25, 0.3) is 0 Å². The molecule has 0 spiro atoms. The van der Waals surface area contributed by atoms with Gasteiger partial charge in [0, 0.05) is 0 Å². The molecule has 0 aromatic heterocycles. The second kappa shape index (κ2) is 11.3. The Morgan fingerprint density at radius 3 is 1.31 bits per heavy atom. The van der Waals surface area contributed by atoms with Gasteiger partial charge in [0.1, 0.15) is 0 Å². The first-order valence-electron chi connectivity index (χ1n) is 14.0. The first kappa shape index (κ1) is 28.2. The fourth-order valence-electron chi connectivity index (χ4n) is 7.53. The molecular weight excluding hydrogens is 551 g/mol. The third-order valence-corrected chi connectivity index (χ3v) is 17.6. The minimum atomic E-state index is -2.32. The normalized spacial score (nSPS) is 18.8. The Morgan fingerprint density at radius 1 is 0.538 bits per heavy atom. The van der Waals surface area contributed by atoms with Crippen LogP contribution in [0.5, 0.6) is 0 Å². The van der Waals surface area contributed by atoms with Crippen LogP contribution >= 0.6 is 0 Å². The molecule has 2 aliphatic carbocycles. The van der Waals surface area contributed by atoms with E-state index in [1.165, 1.54) is 42.8 Å². The first-order valence-corrected chi connectivity index (χ1v) is 18.0. The number of halogens is 2. The van der Waals surface area contributed by atoms with Gasteiger partial charge in [-0.3, -0.25) is 0 Å². The number of benzene rings is 4. The molecule has 0 amide bonds. The Hall–Kier alpha value is -2.35. The van der Waals surface area contributed by atoms with E-state index >= 15 is 0 Å². The first-order chi connectivity index (χ1) is 18.2. The van der Waals surface area contributed by atoms with Gasteiger partial charge in [-0.05, 0) is 0 Å². The molecule has 2 atom stereocenters. The van der Waals surface area contributed by atoms with Crippen molar-refractivity contribution in [3.05, 3.63) is 130 Å². The molecule has 196 valence electrons. The van der Waals surface area contributed by atoms with Crippen molar-refractivity contribution in [3.8, 4) is 22.3 Å². The predicted octanol–water partition coefficient (Wildman–Crippen LogP) is 4.43. The number of hydrogen-bond donors (Lipinski definition) is 0. The van der Waals surface area contributed by atoms with Crippen LogP contribution in [0.4, 0.5) is 0 Å². The summed E-state index contributed by atoms with van der Waals surface area (Å²) >= 11 is -2.32. The number of allylic oxidation sites excluding steroid dienone is 2. The summed E-state index contributed by atoms with van der Waals surface area (Å²) in [6.07, 6.45) is 7.52. The van der Waals surface area contributed by atoms with Crippen molar-refractivity contribution in [3.63, 3.8) is 0 Å². The summed E-state index contributed by atoms with van der Waals surface area (Å²) in [5.41, 5.74) is 15.2. The van der Waals surface area contributed by atoms with Crippen molar-refractivity contribution < 1.29 is 41.4 Å². The SMILES string of the molecule is CCC1=Cc2c(-c3ccccc3)cccc2[CH]1[Ti+2]1([CH]2C(CC)=Cc3c(-c4ccccc4)cccc32)[CH2][CH2]1.[Cl-].[Cl-].